The summed E-state index contributed by atoms with van der Waals surface area (Å²) in [6, 6.07) is 19.9. The van der Waals surface area contributed by atoms with Crippen LogP contribution in [0.25, 0.3) is 0 Å². The number of thiol groups is 1. The summed E-state index contributed by atoms with van der Waals surface area (Å²) in [5.41, 5.74) is 5.06. The smallest absolute Gasteiger partial charge is 0.149 e. The monoisotopic (exact) mass is 260 g/mol. The average molecular weight is 260 g/mol. The SMILES string of the molecule is S=C(S)NN(c1ccccc1)c1ccccc1. The molecule has 0 fully saturated rings. The summed E-state index contributed by atoms with van der Waals surface area (Å²) in [4.78, 5) is 0. The van der Waals surface area contributed by atoms with Crippen LogP contribution < -0.4 is 10.4 Å². The van der Waals surface area contributed by atoms with Gasteiger partial charge in [0.15, 0.2) is 0 Å². The standard InChI is InChI=1S/C13H12N2S2/c16-13(17)14-15(11-7-3-1-4-8-11)12-9-5-2-6-10-12/h1-10H,(H2,14,16,17). The lowest BCUT2D eigenvalue weighted by Gasteiger charge is -2.25. The quantitative estimate of drug-likeness (QED) is 0.499. The van der Waals surface area contributed by atoms with E-state index in [1.54, 1.807) is 0 Å². The first kappa shape index (κ1) is 12.0. The molecule has 2 rings (SSSR count). The maximum atomic E-state index is 4.98. The van der Waals surface area contributed by atoms with Gasteiger partial charge in [-0.25, -0.2) is 0 Å². The third kappa shape index (κ3) is 3.22. The highest BCUT2D eigenvalue weighted by atomic mass is 32.1. The third-order valence-electron chi connectivity index (χ3n) is 2.24. The van der Waals surface area contributed by atoms with Crippen LogP contribution in [0.5, 0.6) is 0 Å². The summed E-state index contributed by atoms with van der Waals surface area (Å²) in [6.07, 6.45) is 0. The van der Waals surface area contributed by atoms with Gasteiger partial charge in [0.05, 0.1) is 11.4 Å². The Kier molecular flexibility index (Phi) is 4.01. The Labute approximate surface area is 112 Å². The average Bonchev–Trinajstić information content (AvgIpc) is 2.38. The molecule has 0 aliphatic rings. The number of hydrogen-bond acceptors (Lipinski definition) is 2. The van der Waals surface area contributed by atoms with Crippen molar-refractivity contribution in [2.75, 3.05) is 5.01 Å². The van der Waals surface area contributed by atoms with Crippen LogP contribution in [-0.4, -0.2) is 4.32 Å². The highest BCUT2D eigenvalue weighted by molar-refractivity contribution is 8.11. The maximum absolute atomic E-state index is 4.98. The predicted molar refractivity (Wildman–Crippen MR) is 79.7 cm³/mol. The molecule has 0 saturated carbocycles. The van der Waals surface area contributed by atoms with E-state index in [2.05, 4.69) is 18.1 Å². The fourth-order valence-corrected chi connectivity index (χ4v) is 1.72. The summed E-state index contributed by atoms with van der Waals surface area (Å²) in [5.74, 6) is 0. The van der Waals surface area contributed by atoms with Crippen molar-refractivity contribution in [1.29, 1.82) is 0 Å². The summed E-state index contributed by atoms with van der Waals surface area (Å²) in [6.45, 7) is 0. The molecule has 0 radical (unpaired) electrons. The zero-order valence-corrected chi connectivity index (χ0v) is 10.8. The molecule has 0 atom stereocenters. The molecule has 0 aliphatic heterocycles. The summed E-state index contributed by atoms with van der Waals surface area (Å²) in [7, 11) is 0. The highest BCUT2D eigenvalue weighted by Gasteiger charge is 2.08. The first-order valence-corrected chi connectivity index (χ1v) is 6.03. The molecular weight excluding hydrogens is 248 g/mol. The summed E-state index contributed by atoms with van der Waals surface area (Å²) >= 11 is 9.10. The van der Waals surface area contributed by atoms with Crippen molar-refractivity contribution in [2.45, 2.75) is 0 Å². The number of nitrogens with one attached hydrogen (secondary N) is 1. The lowest BCUT2D eigenvalue weighted by Crippen LogP contribution is -2.35. The van der Waals surface area contributed by atoms with Crippen LogP contribution in [0.1, 0.15) is 0 Å². The van der Waals surface area contributed by atoms with E-state index in [0.717, 1.165) is 11.4 Å². The molecule has 2 nitrogen and oxygen atoms in total. The molecule has 17 heavy (non-hydrogen) atoms. The molecule has 0 amide bonds. The number of hydrogen-bond donors (Lipinski definition) is 2. The van der Waals surface area contributed by atoms with Crippen molar-refractivity contribution in [2.24, 2.45) is 0 Å². The Morgan fingerprint density at radius 2 is 1.29 bits per heavy atom. The van der Waals surface area contributed by atoms with Gasteiger partial charge in [0.25, 0.3) is 0 Å². The first-order valence-electron chi connectivity index (χ1n) is 5.17. The van der Waals surface area contributed by atoms with Crippen LogP contribution in [-0.2, 0) is 0 Å². The van der Waals surface area contributed by atoms with E-state index in [1.807, 2.05) is 65.7 Å². The fourth-order valence-electron chi connectivity index (χ4n) is 1.53. The minimum absolute atomic E-state index is 0.428. The van der Waals surface area contributed by atoms with E-state index in [9.17, 15) is 0 Å². The maximum Gasteiger partial charge on any atom is 0.149 e. The van der Waals surface area contributed by atoms with Crippen LogP contribution in [0.3, 0.4) is 0 Å². The van der Waals surface area contributed by atoms with E-state index in [0.29, 0.717) is 4.32 Å². The zero-order chi connectivity index (χ0) is 12.1. The Hall–Kier alpha value is -1.52. The number of anilines is 2. The van der Waals surface area contributed by atoms with Crippen molar-refractivity contribution in [3.63, 3.8) is 0 Å². The van der Waals surface area contributed by atoms with Crippen LogP contribution in [0.4, 0.5) is 11.4 Å². The van der Waals surface area contributed by atoms with Crippen molar-refractivity contribution in [3.8, 4) is 0 Å². The second kappa shape index (κ2) is 5.70. The van der Waals surface area contributed by atoms with Crippen LogP contribution in [0.2, 0.25) is 0 Å². The molecule has 4 heteroatoms. The Morgan fingerprint density at radius 3 is 1.65 bits per heavy atom. The van der Waals surface area contributed by atoms with Gasteiger partial charge in [-0.3, -0.25) is 10.4 Å². The molecule has 2 aromatic rings. The molecule has 0 bridgehead atoms. The number of thiocarbonyl (C=S) groups is 1. The number of para-hydroxylation sites is 2. The van der Waals surface area contributed by atoms with Crippen LogP contribution in [0.15, 0.2) is 60.7 Å². The molecule has 86 valence electrons. The van der Waals surface area contributed by atoms with Crippen molar-refractivity contribution >= 4 is 40.5 Å². The van der Waals surface area contributed by atoms with Gasteiger partial charge in [0.2, 0.25) is 0 Å². The van der Waals surface area contributed by atoms with Crippen LogP contribution >= 0.6 is 24.8 Å². The molecule has 0 spiro atoms. The van der Waals surface area contributed by atoms with Crippen LogP contribution in [0, 0.1) is 0 Å². The van der Waals surface area contributed by atoms with E-state index < -0.39 is 0 Å². The molecule has 0 aromatic heterocycles. The van der Waals surface area contributed by atoms with Gasteiger partial charge in [-0.2, -0.15) is 0 Å². The molecule has 0 saturated heterocycles. The fraction of sp³-hybridized carbons (Fsp3) is 0. The lowest BCUT2D eigenvalue weighted by molar-refractivity contribution is 0.958. The number of rotatable bonds is 3. The third-order valence-corrected chi connectivity index (χ3v) is 2.43. The minimum atomic E-state index is 0.428. The second-order valence-corrected chi connectivity index (χ2v) is 4.58. The minimum Gasteiger partial charge on any atom is -0.278 e. The second-order valence-electron chi connectivity index (χ2n) is 3.42. The number of benzene rings is 2. The highest BCUT2D eigenvalue weighted by Crippen LogP contribution is 2.22. The normalized spacial score (nSPS) is 9.71. The van der Waals surface area contributed by atoms with Gasteiger partial charge in [-0.05, 0) is 24.3 Å². The van der Waals surface area contributed by atoms with E-state index in [-0.39, 0.29) is 0 Å². The first-order chi connectivity index (χ1) is 8.27. The number of hydrazine groups is 1. The lowest BCUT2D eigenvalue weighted by atomic mass is 10.2. The van der Waals surface area contributed by atoms with Gasteiger partial charge < -0.3 is 0 Å². The van der Waals surface area contributed by atoms with Crippen molar-refractivity contribution in [3.05, 3.63) is 60.7 Å². The largest absolute Gasteiger partial charge is 0.278 e. The Bertz CT molecular complexity index is 446. The molecule has 0 heterocycles. The van der Waals surface area contributed by atoms with E-state index in [1.165, 1.54) is 0 Å². The van der Waals surface area contributed by atoms with Gasteiger partial charge in [-0.1, -0.05) is 48.6 Å². The van der Waals surface area contributed by atoms with Gasteiger partial charge in [0, 0.05) is 0 Å². The molecule has 0 unspecified atom stereocenters. The van der Waals surface area contributed by atoms with E-state index >= 15 is 0 Å². The molecule has 2 aromatic carbocycles. The molecule has 1 N–H and O–H groups in total. The van der Waals surface area contributed by atoms with Crippen molar-refractivity contribution < 1.29 is 0 Å². The Balaban J connectivity index is 2.36. The van der Waals surface area contributed by atoms with Crippen molar-refractivity contribution in [1.82, 2.24) is 5.43 Å². The summed E-state index contributed by atoms with van der Waals surface area (Å²) < 4.78 is 0.428. The number of nitrogens with zero attached hydrogens (tertiary/aromatic N) is 1. The van der Waals surface area contributed by atoms with Gasteiger partial charge >= 0.3 is 0 Å². The van der Waals surface area contributed by atoms with Gasteiger partial charge in [-0.15, -0.1) is 12.6 Å². The topological polar surface area (TPSA) is 15.3 Å². The summed E-state index contributed by atoms with van der Waals surface area (Å²) in [5, 5.41) is 1.90. The molecular formula is C13H12N2S2. The Morgan fingerprint density at radius 1 is 0.882 bits per heavy atom. The van der Waals surface area contributed by atoms with Gasteiger partial charge in [0.1, 0.15) is 4.32 Å². The predicted octanol–water partition coefficient (Wildman–Crippen LogP) is 3.54. The molecule has 0 aliphatic carbocycles. The zero-order valence-electron chi connectivity index (χ0n) is 9.08. The van der Waals surface area contributed by atoms with E-state index in [4.69, 9.17) is 12.2 Å².